The molecule has 1 saturated carbocycles. The van der Waals surface area contributed by atoms with Crippen LogP contribution < -0.4 is 11.1 Å². The van der Waals surface area contributed by atoms with Crippen molar-refractivity contribution in [2.45, 2.75) is 51.5 Å². The number of pyridine rings is 1. The molecular weight excluding hydrogens is 258 g/mol. The van der Waals surface area contributed by atoms with Gasteiger partial charge in [-0.15, -0.1) is 0 Å². The summed E-state index contributed by atoms with van der Waals surface area (Å²) in [6, 6.07) is 2.28. The van der Waals surface area contributed by atoms with Gasteiger partial charge in [0.05, 0.1) is 5.02 Å². The highest BCUT2D eigenvalue weighted by molar-refractivity contribution is 6.30. The molecule has 1 unspecified atom stereocenters. The van der Waals surface area contributed by atoms with E-state index >= 15 is 0 Å². The maximum Gasteiger partial charge on any atom is 0.128 e. The fraction of sp³-hybridized carbons (Fsp3) is 0.667. The first-order valence-electron chi connectivity index (χ1n) is 7.36. The third-order valence-electron chi connectivity index (χ3n) is 3.99. The van der Waals surface area contributed by atoms with E-state index in [0.717, 1.165) is 18.5 Å². The topological polar surface area (TPSA) is 50.9 Å². The Hall–Kier alpha value is -0.800. The molecule has 1 heterocycles. The Morgan fingerprint density at radius 3 is 2.84 bits per heavy atom. The van der Waals surface area contributed by atoms with Gasteiger partial charge in [0.2, 0.25) is 0 Å². The zero-order valence-electron chi connectivity index (χ0n) is 11.7. The third-order valence-corrected chi connectivity index (χ3v) is 4.19. The van der Waals surface area contributed by atoms with Gasteiger partial charge in [0.1, 0.15) is 5.82 Å². The van der Waals surface area contributed by atoms with E-state index in [4.69, 9.17) is 17.3 Å². The van der Waals surface area contributed by atoms with Crippen molar-refractivity contribution in [3.63, 3.8) is 0 Å². The summed E-state index contributed by atoms with van der Waals surface area (Å²) >= 11 is 6.09. The summed E-state index contributed by atoms with van der Waals surface area (Å²) in [7, 11) is 0. The van der Waals surface area contributed by atoms with Gasteiger partial charge >= 0.3 is 0 Å². The summed E-state index contributed by atoms with van der Waals surface area (Å²) in [5, 5.41) is 4.31. The molecule has 2 rings (SSSR count). The molecule has 3 nitrogen and oxygen atoms in total. The number of halogens is 1. The molecule has 19 heavy (non-hydrogen) atoms. The molecule has 1 aromatic rings. The predicted molar refractivity (Wildman–Crippen MR) is 81.3 cm³/mol. The zero-order valence-corrected chi connectivity index (χ0v) is 12.4. The lowest BCUT2D eigenvalue weighted by atomic mass is 9.81. The summed E-state index contributed by atoms with van der Waals surface area (Å²) < 4.78 is 0. The fourth-order valence-electron chi connectivity index (χ4n) is 3.01. The smallest absolute Gasteiger partial charge is 0.128 e. The summed E-state index contributed by atoms with van der Waals surface area (Å²) in [5.41, 5.74) is 7.14. The predicted octanol–water partition coefficient (Wildman–Crippen LogP) is 3.94. The molecule has 0 aromatic carbocycles. The first-order chi connectivity index (χ1) is 9.22. The minimum Gasteiger partial charge on any atom is -0.383 e. The molecule has 3 N–H and O–H groups in total. The molecule has 1 aromatic heterocycles. The largest absolute Gasteiger partial charge is 0.383 e. The molecule has 1 atom stereocenters. The zero-order chi connectivity index (χ0) is 13.7. The minimum atomic E-state index is 0.298. The first kappa shape index (κ1) is 14.6. The van der Waals surface area contributed by atoms with Crippen molar-refractivity contribution in [2.24, 2.45) is 5.92 Å². The number of nitrogens with two attached hydrogens (primary N) is 1. The number of nitrogens with zero attached hydrogens (tertiary/aromatic N) is 1. The van der Waals surface area contributed by atoms with Crippen molar-refractivity contribution < 1.29 is 0 Å². The monoisotopic (exact) mass is 281 g/mol. The van der Waals surface area contributed by atoms with Crippen LogP contribution >= 0.6 is 11.6 Å². The van der Waals surface area contributed by atoms with Crippen LogP contribution in [0.2, 0.25) is 5.02 Å². The highest BCUT2D eigenvalue weighted by Gasteiger charge is 2.26. The van der Waals surface area contributed by atoms with Gasteiger partial charge in [-0.05, 0) is 37.8 Å². The number of nitrogens with one attached hydrogen (secondary N) is 1. The lowest BCUT2D eigenvalue weighted by Crippen LogP contribution is -2.31. The molecule has 1 aliphatic carbocycles. The number of aromatic nitrogens is 1. The van der Waals surface area contributed by atoms with Crippen LogP contribution in [-0.4, -0.2) is 11.5 Å². The van der Waals surface area contributed by atoms with Gasteiger partial charge in [-0.25, -0.2) is 4.98 Å². The molecule has 0 saturated heterocycles. The van der Waals surface area contributed by atoms with Crippen molar-refractivity contribution in [1.82, 2.24) is 10.3 Å². The Balaban J connectivity index is 2.22. The van der Waals surface area contributed by atoms with Crippen molar-refractivity contribution in [1.29, 1.82) is 0 Å². The van der Waals surface area contributed by atoms with Crippen LogP contribution in [-0.2, 0) is 0 Å². The molecule has 0 bridgehead atoms. The quantitative estimate of drug-likeness (QED) is 0.859. The molecule has 0 radical (unpaired) electrons. The van der Waals surface area contributed by atoms with Gasteiger partial charge < -0.3 is 11.1 Å². The van der Waals surface area contributed by atoms with Crippen LogP contribution in [0, 0.1) is 5.92 Å². The Kier molecular flexibility index (Phi) is 5.46. The average molecular weight is 282 g/mol. The van der Waals surface area contributed by atoms with Gasteiger partial charge in [-0.2, -0.15) is 0 Å². The fourth-order valence-corrected chi connectivity index (χ4v) is 3.18. The van der Waals surface area contributed by atoms with E-state index in [2.05, 4.69) is 17.2 Å². The second-order valence-corrected chi connectivity index (χ2v) is 5.89. The highest BCUT2D eigenvalue weighted by Crippen LogP contribution is 2.36. The standard InChI is InChI=1S/C15H24ClN3/c1-2-8-18-14(11-6-4-3-5-7-11)13-9-12(16)10-19-15(13)17/h9-11,14,18H,2-8H2,1H3,(H2,17,19). The summed E-state index contributed by atoms with van der Waals surface area (Å²) in [4.78, 5) is 4.21. The van der Waals surface area contributed by atoms with E-state index in [-0.39, 0.29) is 0 Å². The minimum absolute atomic E-state index is 0.298. The average Bonchev–Trinajstić information content (AvgIpc) is 2.44. The SMILES string of the molecule is CCCNC(c1cc(Cl)cnc1N)C1CCCCC1. The van der Waals surface area contributed by atoms with E-state index in [1.165, 1.54) is 32.1 Å². The van der Waals surface area contributed by atoms with Crippen LogP contribution in [0.5, 0.6) is 0 Å². The Morgan fingerprint density at radius 1 is 1.42 bits per heavy atom. The van der Waals surface area contributed by atoms with Crippen LogP contribution in [0.1, 0.15) is 57.1 Å². The molecule has 1 aliphatic rings. The van der Waals surface area contributed by atoms with Gasteiger partial charge in [0.25, 0.3) is 0 Å². The van der Waals surface area contributed by atoms with Crippen molar-refractivity contribution in [2.75, 3.05) is 12.3 Å². The second-order valence-electron chi connectivity index (χ2n) is 5.46. The third kappa shape index (κ3) is 3.83. The Morgan fingerprint density at radius 2 is 2.16 bits per heavy atom. The van der Waals surface area contributed by atoms with Crippen molar-refractivity contribution in [3.05, 3.63) is 22.8 Å². The van der Waals surface area contributed by atoms with E-state index in [1.807, 2.05) is 6.07 Å². The van der Waals surface area contributed by atoms with Crippen LogP contribution in [0.25, 0.3) is 0 Å². The highest BCUT2D eigenvalue weighted by atomic mass is 35.5. The second kappa shape index (κ2) is 7.11. The normalized spacial score (nSPS) is 18.4. The van der Waals surface area contributed by atoms with E-state index < -0.39 is 0 Å². The van der Waals surface area contributed by atoms with Crippen molar-refractivity contribution in [3.8, 4) is 0 Å². The van der Waals surface area contributed by atoms with E-state index in [0.29, 0.717) is 22.8 Å². The van der Waals surface area contributed by atoms with E-state index in [9.17, 15) is 0 Å². The van der Waals surface area contributed by atoms with Crippen LogP contribution in [0.15, 0.2) is 12.3 Å². The van der Waals surface area contributed by atoms with E-state index in [1.54, 1.807) is 6.20 Å². The summed E-state index contributed by atoms with van der Waals surface area (Å²) in [5.74, 6) is 1.27. The number of nitrogen functional groups attached to an aromatic ring is 1. The molecule has 106 valence electrons. The molecule has 1 fully saturated rings. The molecule has 0 aliphatic heterocycles. The maximum absolute atomic E-state index is 6.09. The van der Waals surface area contributed by atoms with Gasteiger partial charge in [-0.1, -0.05) is 37.8 Å². The molecular formula is C15H24ClN3. The summed E-state index contributed by atoms with van der Waals surface area (Å²) in [6.45, 7) is 3.19. The maximum atomic E-state index is 6.09. The number of hydrogen-bond acceptors (Lipinski definition) is 3. The number of anilines is 1. The van der Waals surface area contributed by atoms with Gasteiger partial charge in [0.15, 0.2) is 0 Å². The Labute approximate surface area is 120 Å². The lowest BCUT2D eigenvalue weighted by Gasteiger charge is -2.32. The first-order valence-corrected chi connectivity index (χ1v) is 7.74. The molecule has 0 amide bonds. The summed E-state index contributed by atoms with van der Waals surface area (Å²) in [6.07, 6.45) is 9.29. The van der Waals surface area contributed by atoms with Crippen LogP contribution in [0.3, 0.4) is 0 Å². The lowest BCUT2D eigenvalue weighted by molar-refractivity contribution is 0.272. The molecule has 4 heteroatoms. The van der Waals surface area contributed by atoms with Crippen LogP contribution in [0.4, 0.5) is 5.82 Å². The Bertz CT molecular complexity index is 402. The number of rotatable bonds is 5. The molecule has 0 spiro atoms. The number of hydrogen-bond donors (Lipinski definition) is 2. The van der Waals surface area contributed by atoms with Crippen molar-refractivity contribution >= 4 is 17.4 Å². The van der Waals surface area contributed by atoms with Gasteiger partial charge in [-0.3, -0.25) is 0 Å². The van der Waals surface area contributed by atoms with Gasteiger partial charge in [0, 0.05) is 17.8 Å².